The largest absolute Gasteiger partial charge is 0.508 e. The molecule has 1 aromatic carbocycles. The Morgan fingerprint density at radius 3 is 2.65 bits per heavy atom. The van der Waals surface area contributed by atoms with Gasteiger partial charge in [-0.25, -0.2) is 0 Å². The maximum absolute atomic E-state index is 9.92. The highest BCUT2D eigenvalue weighted by Gasteiger charge is 2.12. The van der Waals surface area contributed by atoms with E-state index in [2.05, 4.69) is 10.2 Å². The molecule has 1 aromatic rings. The molecule has 1 fully saturated rings. The number of aromatic hydroxyl groups is 2. The van der Waals surface area contributed by atoms with Crippen LogP contribution in [0.1, 0.15) is 11.1 Å². The molecule has 1 aliphatic heterocycles. The first-order valence-electron chi connectivity index (χ1n) is 6.12. The van der Waals surface area contributed by atoms with Crippen LogP contribution in [0.25, 0.3) is 0 Å². The van der Waals surface area contributed by atoms with Gasteiger partial charge >= 0.3 is 0 Å². The second kappa shape index (κ2) is 5.38. The van der Waals surface area contributed by atoms with E-state index >= 15 is 0 Å². The number of phenols is 2. The van der Waals surface area contributed by atoms with Crippen molar-refractivity contribution in [2.75, 3.05) is 32.7 Å². The van der Waals surface area contributed by atoms with Crippen molar-refractivity contribution in [3.05, 3.63) is 23.3 Å². The van der Waals surface area contributed by atoms with Crippen LogP contribution in [-0.2, 0) is 6.42 Å². The molecule has 0 unspecified atom stereocenters. The molecule has 0 aliphatic carbocycles. The van der Waals surface area contributed by atoms with Gasteiger partial charge < -0.3 is 20.4 Å². The zero-order valence-electron chi connectivity index (χ0n) is 10.2. The minimum absolute atomic E-state index is 0.161. The van der Waals surface area contributed by atoms with E-state index in [4.69, 9.17) is 0 Å². The molecule has 0 bridgehead atoms. The highest BCUT2D eigenvalue weighted by atomic mass is 16.3. The minimum Gasteiger partial charge on any atom is -0.508 e. The number of benzene rings is 1. The van der Waals surface area contributed by atoms with E-state index in [1.807, 2.05) is 0 Å². The van der Waals surface area contributed by atoms with Crippen molar-refractivity contribution in [1.82, 2.24) is 10.2 Å². The Balaban J connectivity index is 1.96. The van der Waals surface area contributed by atoms with E-state index in [9.17, 15) is 10.2 Å². The van der Waals surface area contributed by atoms with Crippen molar-refractivity contribution in [1.29, 1.82) is 0 Å². The van der Waals surface area contributed by atoms with Crippen LogP contribution in [0.3, 0.4) is 0 Å². The normalized spacial score (nSPS) is 17.2. The zero-order chi connectivity index (χ0) is 12.3. The predicted octanol–water partition coefficient (Wildman–Crippen LogP) is 0.854. The van der Waals surface area contributed by atoms with Gasteiger partial charge in [0.2, 0.25) is 0 Å². The first kappa shape index (κ1) is 12.2. The highest BCUT2D eigenvalue weighted by molar-refractivity contribution is 5.47. The van der Waals surface area contributed by atoms with Crippen LogP contribution < -0.4 is 5.32 Å². The van der Waals surface area contributed by atoms with Crippen LogP contribution in [0.2, 0.25) is 0 Å². The maximum Gasteiger partial charge on any atom is 0.125 e. The Morgan fingerprint density at radius 2 is 1.94 bits per heavy atom. The summed E-state index contributed by atoms with van der Waals surface area (Å²) in [7, 11) is 0. The summed E-state index contributed by atoms with van der Waals surface area (Å²) in [4.78, 5) is 2.39. The molecule has 94 valence electrons. The average molecular weight is 236 g/mol. The third kappa shape index (κ3) is 2.90. The van der Waals surface area contributed by atoms with Crippen molar-refractivity contribution >= 4 is 0 Å². The first-order chi connectivity index (χ1) is 8.18. The molecule has 4 nitrogen and oxygen atoms in total. The van der Waals surface area contributed by atoms with Gasteiger partial charge in [-0.05, 0) is 25.0 Å². The second-order valence-corrected chi connectivity index (χ2v) is 4.56. The van der Waals surface area contributed by atoms with Crippen LogP contribution in [-0.4, -0.2) is 47.8 Å². The van der Waals surface area contributed by atoms with Crippen molar-refractivity contribution in [2.24, 2.45) is 0 Å². The lowest BCUT2D eigenvalue weighted by Gasteiger charge is -2.27. The Bertz CT molecular complexity index is 387. The Hall–Kier alpha value is -1.26. The van der Waals surface area contributed by atoms with Crippen molar-refractivity contribution in [3.8, 4) is 11.5 Å². The first-order valence-corrected chi connectivity index (χ1v) is 6.12. The Morgan fingerprint density at radius 1 is 1.24 bits per heavy atom. The fraction of sp³-hybridized carbons (Fsp3) is 0.538. The van der Waals surface area contributed by atoms with Crippen LogP contribution in [0.15, 0.2) is 12.1 Å². The fourth-order valence-corrected chi connectivity index (χ4v) is 2.16. The second-order valence-electron chi connectivity index (χ2n) is 4.56. The summed E-state index contributed by atoms with van der Waals surface area (Å²) in [6.45, 7) is 6.91. The molecule has 1 saturated heterocycles. The van der Waals surface area contributed by atoms with E-state index in [1.165, 1.54) is 0 Å². The highest BCUT2D eigenvalue weighted by Crippen LogP contribution is 2.29. The van der Waals surface area contributed by atoms with Crippen LogP contribution in [0.4, 0.5) is 0 Å². The van der Waals surface area contributed by atoms with Crippen molar-refractivity contribution in [2.45, 2.75) is 13.3 Å². The van der Waals surface area contributed by atoms with Gasteiger partial charge in [0.05, 0.1) is 0 Å². The Kier molecular flexibility index (Phi) is 3.86. The third-order valence-corrected chi connectivity index (χ3v) is 3.39. The smallest absolute Gasteiger partial charge is 0.125 e. The number of phenolic OH excluding ortho intramolecular Hbond substituents is 2. The molecular formula is C13H20N2O2. The summed E-state index contributed by atoms with van der Waals surface area (Å²) >= 11 is 0. The standard InChI is InChI=1S/C13H20N2O2/c1-10-12(16)3-2-11(13(10)17)4-7-15-8-5-14-6-9-15/h2-3,14,16-17H,4-9H2,1H3. The molecule has 3 N–H and O–H groups in total. The lowest BCUT2D eigenvalue weighted by atomic mass is 10.1. The number of nitrogens with one attached hydrogen (secondary N) is 1. The summed E-state index contributed by atoms with van der Waals surface area (Å²) < 4.78 is 0. The quantitative estimate of drug-likeness (QED) is 0.728. The van der Waals surface area contributed by atoms with Crippen molar-refractivity contribution in [3.63, 3.8) is 0 Å². The molecule has 0 spiro atoms. The molecular weight excluding hydrogens is 216 g/mol. The molecule has 0 radical (unpaired) electrons. The van der Waals surface area contributed by atoms with Gasteiger partial charge in [-0.15, -0.1) is 0 Å². The summed E-state index contributed by atoms with van der Waals surface area (Å²) in [5.41, 5.74) is 1.49. The number of hydrogen-bond acceptors (Lipinski definition) is 4. The molecule has 0 amide bonds. The number of nitrogens with zero attached hydrogens (tertiary/aromatic N) is 1. The molecule has 0 atom stereocenters. The summed E-state index contributed by atoms with van der Waals surface area (Å²) in [6.07, 6.45) is 0.826. The number of hydrogen-bond donors (Lipinski definition) is 3. The molecule has 4 heteroatoms. The maximum atomic E-state index is 9.92. The third-order valence-electron chi connectivity index (χ3n) is 3.39. The SMILES string of the molecule is Cc1c(O)ccc(CCN2CCNCC2)c1O. The Labute approximate surface area is 102 Å². The van der Waals surface area contributed by atoms with Gasteiger partial charge in [0.25, 0.3) is 0 Å². The number of rotatable bonds is 3. The van der Waals surface area contributed by atoms with Crippen LogP contribution in [0.5, 0.6) is 11.5 Å². The van der Waals surface area contributed by atoms with Gasteiger partial charge in [0.1, 0.15) is 11.5 Å². The lowest BCUT2D eigenvalue weighted by molar-refractivity contribution is 0.243. The van der Waals surface area contributed by atoms with E-state index in [-0.39, 0.29) is 11.5 Å². The fourth-order valence-electron chi connectivity index (χ4n) is 2.16. The lowest BCUT2D eigenvalue weighted by Crippen LogP contribution is -2.44. The molecule has 0 saturated carbocycles. The molecule has 2 rings (SSSR count). The van der Waals surface area contributed by atoms with E-state index in [0.717, 1.165) is 44.7 Å². The summed E-state index contributed by atoms with van der Waals surface area (Å²) in [5, 5.41) is 22.7. The van der Waals surface area contributed by atoms with E-state index < -0.39 is 0 Å². The van der Waals surface area contributed by atoms with E-state index in [1.54, 1.807) is 19.1 Å². The van der Waals surface area contributed by atoms with Crippen LogP contribution in [0, 0.1) is 6.92 Å². The minimum atomic E-state index is 0.161. The molecule has 1 aliphatic rings. The van der Waals surface area contributed by atoms with E-state index in [0.29, 0.717) is 5.56 Å². The van der Waals surface area contributed by atoms with Crippen molar-refractivity contribution < 1.29 is 10.2 Å². The monoisotopic (exact) mass is 236 g/mol. The molecule has 1 heterocycles. The predicted molar refractivity (Wildman–Crippen MR) is 67.5 cm³/mol. The number of piperazine rings is 1. The zero-order valence-corrected chi connectivity index (χ0v) is 10.2. The molecule has 0 aromatic heterocycles. The topological polar surface area (TPSA) is 55.7 Å². The summed E-state index contributed by atoms with van der Waals surface area (Å²) in [5.74, 6) is 0.397. The van der Waals surface area contributed by atoms with Gasteiger partial charge in [0, 0.05) is 38.3 Å². The summed E-state index contributed by atoms with van der Waals surface area (Å²) in [6, 6.07) is 3.46. The van der Waals surface area contributed by atoms with Gasteiger partial charge in [0.15, 0.2) is 0 Å². The van der Waals surface area contributed by atoms with Gasteiger partial charge in [-0.2, -0.15) is 0 Å². The molecule has 17 heavy (non-hydrogen) atoms. The van der Waals surface area contributed by atoms with Gasteiger partial charge in [-0.1, -0.05) is 6.07 Å². The average Bonchev–Trinajstić information content (AvgIpc) is 2.36. The van der Waals surface area contributed by atoms with Crippen LogP contribution >= 0.6 is 0 Å². The van der Waals surface area contributed by atoms with Gasteiger partial charge in [-0.3, -0.25) is 0 Å².